The largest absolute Gasteiger partial charge is 0.482 e. The van der Waals surface area contributed by atoms with E-state index < -0.39 is 5.91 Å². The number of rotatable bonds is 4. The van der Waals surface area contributed by atoms with E-state index in [4.69, 9.17) is 22.1 Å². The average Bonchev–Trinajstić information content (AvgIpc) is 2.79. The number of carbonyl (C=O) groups is 3. The number of nitrogens with two attached hydrogens (primary N) is 1. The van der Waals surface area contributed by atoms with Gasteiger partial charge in [-0.05, 0) is 23.8 Å². The number of allylic oxidation sites excluding steroid dienone is 1. The number of hydrogen-bond acceptors (Lipinski definition) is 4. The maximum Gasteiger partial charge on any atom is 0.255 e. The van der Waals surface area contributed by atoms with Crippen LogP contribution < -0.4 is 10.5 Å². The molecule has 0 bridgehead atoms. The Morgan fingerprint density at radius 2 is 1.71 bits per heavy atom. The van der Waals surface area contributed by atoms with E-state index in [1.54, 1.807) is 42.5 Å². The van der Waals surface area contributed by atoms with Crippen molar-refractivity contribution in [1.82, 2.24) is 0 Å². The highest BCUT2D eigenvalue weighted by molar-refractivity contribution is 6.41. The lowest BCUT2D eigenvalue weighted by molar-refractivity contribution is -0.119. The summed E-state index contributed by atoms with van der Waals surface area (Å²) < 4.78 is 5.16. The third-order valence-electron chi connectivity index (χ3n) is 3.54. The molecular weight excluding hydrogens is 330 g/mol. The molecule has 0 heterocycles. The number of primary amides is 1. The van der Waals surface area contributed by atoms with Gasteiger partial charge >= 0.3 is 0 Å². The van der Waals surface area contributed by atoms with E-state index >= 15 is 0 Å². The van der Waals surface area contributed by atoms with E-state index in [0.29, 0.717) is 22.4 Å². The van der Waals surface area contributed by atoms with E-state index in [1.165, 1.54) is 6.08 Å². The summed E-state index contributed by atoms with van der Waals surface area (Å²) in [4.78, 5) is 35.4. The predicted octanol–water partition coefficient (Wildman–Crippen LogP) is 2.67. The van der Waals surface area contributed by atoms with E-state index in [-0.39, 0.29) is 28.8 Å². The van der Waals surface area contributed by atoms with Gasteiger partial charge in [0.1, 0.15) is 5.75 Å². The van der Waals surface area contributed by atoms with Gasteiger partial charge in [-0.2, -0.15) is 0 Å². The number of amides is 1. The van der Waals surface area contributed by atoms with Gasteiger partial charge in [0.2, 0.25) is 0 Å². The van der Waals surface area contributed by atoms with Crippen LogP contribution in [0.5, 0.6) is 5.75 Å². The second kappa shape index (κ2) is 6.29. The summed E-state index contributed by atoms with van der Waals surface area (Å²) in [6.07, 6.45) is 1.49. The van der Waals surface area contributed by atoms with Crippen molar-refractivity contribution in [2.24, 2.45) is 5.73 Å². The number of ketones is 2. The molecule has 120 valence electrons. The Hall–Kier alpha value is -2.92. The Morgan fingerprint density at radius 1 is 1.08 bits per heavy atom. The van der Waals surface area contributed by atoms with Crippen LogP contribution in [0.3, 0.4) is 0 Å². The maximum atomic E-state index is 12.3. The molecule has 1 amide bonds. The predicted molar refractivity (Wildman–Crippen MR) is 89.2 cm³/mol. The Bertz CT molecular complexity index is 865. The zero-order valence-corrected chi connectivity index (χ0v) is 13.2. The van der Waals surface area contributed by atoms with Gasteiger partial charge in [-0.1, -0.05) is 41.9 Å². The monoisotopic (exact) mass is 341 g/mol. The summed E-state index contributed by atoms with van der Waals surface area (Å²) in [6, 6.07) is 11.4. The first-order chi connectivity index (χ1) is 11.5. The summed E-state index contributed by atoms with van der Waals surface area (Å²) in [6.45, 7) is -0.285. The molecule has 1 aliphatic rings. The molecule has 2 aromatic carbocycles. The summed E-state index contributed by atoms with van der Waals surface area (Å²) in [7, 11) is 0. The van der Waals surface area contributed by atoms with Crippen molar-refractivity contribution in [3.63, 3.8) is 0 Å². The molecule has 6 heteroatoms. The Morgan fingerprint density at radius 3 is 2.25 bits per heavy atom. The zero-order chi connectivity index (χ0) is 17.3. The van der Waals surface area contributed by atoms with Gasteiger partial charge in [-0.25, -0.2) is 0 Å². The fourth-order valence-corrected chi connectivity index (χ4v) is 2.69. The number of hydrogen-bond donors (Lipinski definition) is 1. The molecule has 1 aliphatic carbocycles. The van der Waals surface area contributed by atoms with Gasteiger partial charge in [0.25, 0.3) is 5.91 Å². The van der Waals surface area contributed by atoms with E-state index in [0.717, 1.165) is 0 Å². The van der Waals surface area contributed by atoms with Crippen molar-refractivity contribution >= 4 is 35.2 Å². The van der Waals surface area contributed by atoms with Gasteiger partial charge in [0.15, 0.2) is 18.2 Å². The highest BCUT2D eigenvalue weighted by atomic mass is 35.5. The minimum absolute atomic E-state index is 0.0954. The first-order valence-electron chi connectivity index (χ1n) is 7.08. The molecule has 0 saturated heterocycles. The normalized spacial score (nSPS) is 13.0. The zero-order valence-electron chi connectivity index (χ0n) is 12.4. The number of halogens is 1. The third kappa shape index (κ3) is 2.94. The second-order valence-electron chi connectivity index (χ2n) is 5.21. The average molecular weight is 342 g/mol. The smallest absolute Gasteiger partial charge is 0.255 e. The fraction of sp³-hybridized carbons (Fsp3) is 0.0556. The first kappa shape index (κ1) is 16.0. The van der Waals surface area contributed by atoms with Crippen LogP contribution >= 0.6 is 11.6 Å². The first-order valence-corrected chi connectivity index (χ1v) is 7.46. The number of benzene rings is 2. The molecule has 0 atom stereocenters. The molecular formula is C18H12ClNO4. The Kier molecular flexibility index (Phi) is 4.18. The molecule has 0 aromatic heterocycles. The summed E-state index contributed by atoms with van der Waals surface area (Å²) in [5.74, 6) is -0.927. The van der Waals surface area contributed by atoms with E-state index in [1.807, 2.05) is 0 Å². The van der Waals surface area contributed by atoms with Crippen LogP contribution in [0.2, 0.25) is 5.02 Å². The van der Waals surface area contributed by atoms with Crippen LogP contribution in [0, 0.1) is 0 Å². The lowest BCUT2D eigenvalue weighted by atomic mass is 10.1. The van der Waals surface area contributed by atoms with Crippen LogP contribution in [-0.2, 0) is 4.79 Å². The SMILES string of the molecule is NC(=O)COc1ccc(C=C2C(=O)c3ccccc3C2=O)cc1Cl. The molecule has 3 rings (SSSR count). The highest BCUT2D eigenvalue weighted by Gasteiger charge is 2.32. The van der Waals surface area contributed by atoms with Crippen molar-refractivity contribution in [1.29, 1.82) is 0 Å². The fourth-order valence-electron chi connectivity index (χ4n) is 2.44. The molecule has 0 fully saturated rings. The van der Waals surface area contributed by atoms with Crippen LogP contribution in [-0.4, -0.2) is 24.1 Å². The van der Waals surface area contributed by atoms with E-state index in [2.05, 4.69) is 0 Å². The van der Waals surface area contributed by atoms with Crippen molar-refractivity contribution in [3.8, 4) is 5.75 Å². The molecule has 2 N–H and O–H groups in total. The van der Waals surface area contributed by atoms with Gasteiger partial charge in [-0.15, -0.1) is 0 Å². The minimum Gasteiger partial charge on any atom is -0.482 e. The molecule has 0 aliphatic heterocycles. The van der Waals surface area contributed by atoms with Gasteiger partial charge in [-0.3, -0.25) is 14.4 Å². The molecule has 0 radical (unpaired) electrons. The van der Waals surface area contributed by atoms with Crippen molar-refractivity contribution < 1.29 is 19.1 Å². The quantitative estimate of drug-likeness (QED) is 0.684. The third-order valence-corrected chi connectivity index (χ3v) is 3.84. The van der Waals surface area contributed by atoms with E-state index in [9.17, 15) is 14.4 Å². The number of Topliss-reactive ketones (excluding diaryl/α,β-unsaturated/α-hetero) is 2. The van der Waals surface area contributed by atoms with Crippen molar-refractivity contribution in [2.75, 3.05) is 6.61 Å². The molecule has 24 heavy (non-hydrogen) atoms. The molecule has 0 spiro atoms. The van der Waals surface area contributed by atoms with Crippen molar-refractivity contribution in [3.05, 3.63) is 69.8 Å². The maximum absolute atomic E-state index is 12.3. The molecule has 5 nitrogen and oxygen atoms in total. The Balaban J connectivity index is 1.90. The Labute approximate surface area is 142 Å². The summed E-state index contributed by atoms with van der Waals surface area (Å²) in [5.41, 5.74) is 6.49. The van der Waals surface area contributed by atoms with Crippen LogP contribution in [0.4, 0.5) is 0 Å². The second-order valence-corrected chi connectivity index (χ2v) is 5.61. The highest BCUT2D eigenvalue weighted by Crippen LogP contribution is 2.30. The number of ether oxygens (including phenoxy) is 1. The molecule has 0 unspecified atom stereocenters. The lowest BCUT2D eigenvalue weighted by Gasteiger charge is -2.06. The van der Waals surface area contributed by atoms with Crippen LogP contribution in [0.1, 0.15) is 26.3 Å². The van der Waals surface area contributed by atoms with Crippen LogP contribution in [0.25, 0.3) is 6.08 Å². The minimum atomic E-state index is -0.614. The van der Waals surface area contributed by atoms with Gasteiger partial charge in [0, 0.05) is 11.1 Å². The van der Waals surface area contributed by atoms with Crippen LogP contribution in [0.15, 0.2) is 48.0 Å². The van der Waals surface area contributed by atoms with Gasteiger partial charge < -0.3 is 10.5 Å². The molecule has 0 saturated carbocycles. The van der Waals surface area contributed by atoms with Gasteiger partial charge in [0.05, 0.1) is 10.6 Å². The lowest BCUT2D eigenvalue weighted by Crippen LogP contribution is -2.20. The summed E-state index contributed by atoms with van der Waals surface area (Å²) >= 11 is 6.08. The topological polar surface area (TPSA) is 86.5 Å². The molecule has 2 aromatic rings. The standard InChI is InChI=1S/C18H12ClNO4/c19-14-8-10(5-6-15(14)24-9-16(20)21)7-13-17(22)11-3-1-2-4-12(11)18(13)23/h1-8H,9H2,(H2,20,21). The number of carbonyl (C=O) groups excluding carboxylic acids is 3. The summed E-state index contributed by atoms with van der Waals surface area (Å²) in [5, 5.41) is 0.251. The number of fused-ring (bicyclic) bond motifs is 1. The van der Waals surface area contributed by atoms with Crippen molar-refractivity contribution in [2.45, 2.75) is 0 Å².